The summed E-state index contributed by atoms with van der Waals surface area (Å²) in [6.45, 7) is 7.93. The minimum Gasteiger partial charge on any atom is -0.489 e. The van der Waals surface area contributed by atoms with E-state index < -0.39 is 0 Å². The van der Waals surface area contributed by atoms with E-state index in [-0.39, 0.29) is 6.10 Å². The molecule has 0 radical (unpaired) electrons. The second-order valence-corrected chi connectivity index (χ2v) is 4.73. The number of benzene rings is 1. The fourth-order valence-corrected chi connectivity index (χ4v) is 1.66. The van der Waals surface area contributed by atoms with Gasteiger partial charge in [-0.15, -0.1) is 0 Å². The molecule has 1 N–H and O–H groups in total. The number of methoxy groups -OCH3 is 1. The Kier molecular flexibility index (Phi) is 6.76. The Bertz CT molecular complexity index is 341. The van der Waals surface area contributed by atoms with Crippen molar-refractivity contribution in [2.75, 3.05) is 13.7 Å². The minimum absolute atomic E-state index is 0.164. The lowest BCUT2D eigenvalue weighted by atomic mass is 10.2. The topological polar surface area (TPSA) is 30.5 Å². The normalized spacial score (nSPS) is 14.2. The molecule has 0 amide bonds. The molecule has 1 rings (SSSR count). The third kappa shape index (κ3) is 5.52. The highest BCUT2D eigenvalue weighted by molar-refractivity contribution is 5.28. The van der Waals surface area contributed by atoms with Crippen LogP contribution in [0.2, 0.25) is 0 Å². The molecule has 0 saturated carbocycles. The summed E-state index contributed by atoms with van der Waals surface area (Å²) in [6, 6.07) is 8.59. The molecule has 0 aliphatic carbocycles. The van der Waals surface area contributed by atoms with Crippen molar-refractivity contribution in [3.8, 4) is 5.75 Å². The van der Waals surface area contributed by atoms with Gasteiger partial charge >= 0.3 is 0 Å². The molecule has 0 aliphatic heterocycles. The van der Waals surface area contributed by atoms with E-state index in [0.29, 0.717) is 12.6 Å². The third-order valence-corrected chi connectivity index (χ3v) is 2.91. The van der Waals surface area contributed by atoms with Crippen molar-refractivity contribution >= 4 is 0 Å². The molecule has 0 saturated heterocycles. The van der Waals surface area contributed by atoms with Gasteiger partial charge < -0.3 is 14.8 Å². The predicted molar refractivity (Wildman–Crippen MR) is 75.0 cm³/mol. The Morgan fingerprint density at radius 3 is 2.72 bits per heavy atom. The van der Waals surface area contributed by atoms with Gasteiger partial charge in [-0.25, -0.2) is 0 Å². The first-order chi connectivity index (χ1) is 8.65. The zero-order valence-corrected chi connectivity index (χ0v) is 11.9. The van der Waals surface area contributed by atoms with Crippen LogP contribution in [0.4, 0.5) is 0 Å². The van der Waals surface area contributed by atoms with Gasteiger partial charge in [0.1, 0.15) is 11.9 Å². The summed E-state index contributed by atoms with van der Waals surface area (Å²) in [5, 5.41) is 3.44. The maximum Gasteiger partial charge on any atom is 0.120 e. The summed E-state index contributed by atoms with van der Waals surface area (Å²) in [5.41, 5.74) is 1.14. The largest absolute Gasteiger partial charge is 0.489 e. The first-order valence-electron chi connectivity index (χ1n) is 6.63. The molecule has 0 aliphatic rings. The molecule has 0 heterocycles. The number of ether oxygens (including phenoxy) is 2. The van der Waals surface area contributed by atoms with E-state index in [1.165, 1.54) is 0 Å². The standard InChI is InChI=1S/C15H25NO2/c1-5-12(2)16-10-13(3)18-15-8-6-7-14(9-15)11-17-4/h6-9,12-13,16H,5,10-11H2,1-4H3. The SMILES string of the molecule is CCC(C)NCC(C)Oc1cccc(COC)c1. The smallest absolute Gasteiger partial charge is 0.120 e. The van der Waals surface area contributed by atoms with Crippen LogP contribution in [0.15, 0.2) is 24.3 Å². The van der Waals surface area contributed by atoms with E-state index in [1.807, 2.05) is 24.3 Å². The third-order valence-electron chi connectivity index (χ3n) is 2.91. The van der Waals surface area contributed by atoms with E-state index in [0.717, 1.165) is 24.3 Å². The van der Waals surface area contributed by atoms with Crippen LogP contribution in [0.1, 0.15) is 32.8 Å². The van der Waals surface area contributed by atoms with Gasteiger partial charge in [-0.3, -0.25) is 0 Å². The van der Waals surface area contributed by atoms with E-state index in [4.69, 9.17) is 9.47 Å². The van der Waals surface area contributed by atoms with Gasteiger partial charge in [-0.2, -0.15) is 0 Å². The summed E-state index contributed by atoms with van der Waals surface area (Å²) in [5.74, 6) is 0.906. The average Bonchev–Trinajstić information content (AvgIpc) is 2.37. The van der Waals surface area contributed by atoms with Crippen LogP contribution in [-0.4, -0.2) is 25.8 Å². The Balaban J connectivity index is 2.43. The lowest BCUT2D eigenvalue weighted by Gasteiger charge is -2.18. The van der Waals surface area contributed by atoms with Crippen molar-refractivity contribution in [1.82, 2.24) is 5.32 Å². The van der Waals surface area contributed by atoms with Gasteiger partial charge in [0, 0.05) is 19.7 Å². The second kappa shape index (κ2) is 8.11. The van der Waals surface area contributed by atoms with Crippen molar-refractivity contribution in [2.45, 2.75) is 45.9 Å². The van der Waals surface area contributed by atoms with E-state index in [1.54, 1.807) is 7.11 Å². The molecule has 0 bridgehead atoms. The highest BCUT2D eigenvalue weighted by Crippen LogP contribution is 2.15. The van der Waals surface area contributed by atoms with Crippen molar-refractivity contribution in [3.63, 3.8) is 0 Å². The lowest BCUT2D eigenvalue weighted by Crippen LogP contribution is -2.34. The second-order valence-electron chi connectivity index (χ2n) is 4.73. The molecule has 2 atom stereocenters. The molecular weight excluding hydrogens is 226 g/mol. The highest BCUT2D eigenvalue weighted by atomic mass is 16.5. The van der Waals surface area contributed by atoms with Gasteiger partial charge in [0.15, 0.2) is 0 Å². The van der Waals surface area contributed by atoms with Crippen molar-refractivity contribution < 1.29 is 9.47 Å². The molecule has 3 heteroatoms. The summed E-state index contributed by atoms with van der Waals surface area (Å²) >= 11 is 0. The van der Waals surface area contributed by atoms with Crippen molar-refractivity contribution in [1.29, 1.82) is 0 Å². The molecule has 18 heavy (non-hydrogen) atoms. The maximum atomic E-state index is 5.88. The molecule has 0 aromatic heterocycles. The monoisotopic (exact) mass is 251 g/mol. The molecule has 1 aromatic carbocycles. The lowest BCUT2D eigenvalue weighted by molar-refractivity contribution is 0.183. The van der Waals surface area contributed by atoms with E-state index in [2.05, 4.69) is 26.1 Å². The molecule has 3 nitrogen and oxygen atoms in total. The minimum atomic E-state index is 0.164. The van der Waals surface area contributed by atoms with Crippen molar-refractivity contribution in [2.24, 2.45) is 0 Å². The summed E-state index contributed by atoms with van der Waals surface area (Å²) in [7, 11) is 1.70. The molecule has 2 unspecified atom stereocenters. The van der Waals surface area contributed by atoms with Crippen LogP contribution >= 0.6 is 0 Å². The van der Waals surface area contributed by atoms with Crippen LogP contribution in [0.25, 0.3) is 0 Å². The molecule has 1 aromatic rings. The zero-order chi connectivity index (χ0) is 13.4. The van der Waals surface area contributed by atoms with Crippen molar-refractivity contribution in [3.05, 3.63) is 29.8 Å². The zero-order valence-electron chi connectivity index (χ0n) is 11.9. The Hall–Kier alpha value is -1.06. The van der Waals surface area contributed by atoms with Crippen LogP contribution in [0, 0.1) is 0 Å². The predicted octanol–water partition coefficient (Wildman–Crippen LogP) is 2.99. The highest BCUT2D eigenvalue weighted by Gasteiger charge is 2.06. The fraction of sp³-hybridized carbons (Fsp3) is 0.600. The van der Waals surface area contributed by atoms with Crippen LogP contribution in [-0.2, 0) is 11.3 Å². The van der Waals surface area contributed by atoms with Crippen LogP contribution < -0.4 is 10.1 Å². The molecule has 0 fully saturated rings. The summed E-state index contributed by atoms with van der Waals surface area (Å²) < 4.78 is 11.0. The van der Waals surface area contributed by atoms with Gasteiger partial charge in [0.05, 0.1) is 6.61 Å². The Morgan fingerprint density at radius 2 is 2.06 bits per heavy atom. The van der Waals surface area contributed by atoms with Gasteiger partial charge in [-0.05, 0) is 38.0 Å². The van der Waals surface area contributed by atoms with Gasteiger partial charge in [0.2, 0.25) is 0 Å². The van der Waals surface area contributed by atoms with Crippen LogP contribution in [0.3, 0.4) is 0 Å². The number of nitrogens with one attached hydrogen (secondary N) is 1. The average molecular weight is 251 g/mol. The van der Waals surface area contributed by atoms with Gasteiger partial charge in [-0.1, -0.05) is 19.1 Å². The molecule has 0 spiro atoms. The molecule has 102 valence electrons. The first kappa shape index (κ1) is 15.0. The molecular formula is C15H25NO2. The number of hydrogen-bond donors (Lipinski definition) is 1. The number of hydrogen-bond acceptors (Lipinski definition) is 3. The first-order valence-corrected chi connectivity index (χ1v) is 6.63. The number of rotatable bonds is 8. The summed E-state index contributed by atoms with van der Waals surface area (Å²) in [4.78, 5) is 0. The van der Waals surface area contributed by atoms with Crippen LogP contribution in [0.5, 0.6) is 5.75 Å². The quantitative estimate of drug-likeness (QED) is 0.770. The van der Waals surface area contributed by atoms with Gasteiger partial charge in [0.25, 0.3) is 0 Å². The van der Waals surface area contributed by atoms with E-state index >= 15 is 0 Å². The Labute approximate surface area is 110 Å². The Morgan fingerprint density at radius 1 is 1.28 bits per heavy atom. The maximum absolute atomic E-state index is 5.88. The summed E-state index contributed by atoms with van der Waals surface area (Å²) in [6.07, 6.45) is 1.30. The van der Waals surface area contributed by atoms with E-state index in [9.17, 15) is 0 Å². The fourth-order valence-electron chi connectivity index (χ4n) is 1.66.